The van der Waals surface area contributed by atoms with Crippen LogP contribution in [-0.2, 0) is 4.74 Å². The number of likely N-dealkylation sites (N-methyl/N-ethyl adjacent to an activating group) is 1. The van der Waals surface area contributed by atoms with Crippen LogP contribution in [0.15, 0.2) is 72.8 Å². The summed E-state index contributed by atoms with van der Waals surface area (Å²) in [6.07, 6.45) is -0.435. The van der Waals surface area contributed by atoms with E-state index in [-0.39, 0.29) is 42.4 Å². The van der Waals surface area contributed by atoms with Gasteiger partial charge >= 0.3 is 12.1 Å². The highest BCUT2D eigenvalue weighted by Crippen LogP contribution is 2.44. The van der Waals surface area contributed by atoms with E-state index in [0.29, 0.717) is 0 Å². The quantitative estimate of drug-likeness (QED) is 0.470. The van der Waals surface area contributed by atoms with Crippen molar-refractivity contribution < 1.29 is 24.2 Å². The van der Waals surface area contributed by atoms with Gasteiger partial charge in [0.1, 0.15) is 24.5 Å². The molecule has 0 unspecified atom stereocenters. The molecule has 1 aliphatic carbocycles. The third kappa shape index (κ3) is 4.62. The number of aromatic carboxylic acids is 1. The Bertz CT molecular complexity index is 1140. The molecule has 0 bridgehead atoms. The van der Waals surface area contributed by atoms with Gasteiger partial charge in [-0.05, 0) is 40.3 Å². The Morgan fingerprint density at radius 1 is 0.912 bits per heavy atom. The van der Waals surface area contributed by atoms with Crippen LogP contribution in [0.1, 0.15) is 41.3 Å². The number of carboxylic acid groups (broad SMARTS) is 1. The molecule has 0 saturated heterocycles. The van der Waals surface area contributed by atoms with Gasteiger partial charge in [0.15, 0.2) is 0 Å². The van der Waals surface area contributed by atoms with Gasteiger partial charge in [-0.25, -0.2) is 9.59 Å². The molecule has 176 valence electrons. The van der Waals surface area contributed by atoms with Crippen molar-refractivity contribution in [1.82, 2.24) is 4.90 Å². The lowest BCUT2D eigenvalue weighted by Gasteiger charge is -2.31. The molecule has 34 heavy (non-hydrogen) atoms. The Hall–Kier alpha value is -3.80. The molecular formula is C28H29NO5. The minimum atomic E-state index is -1.05. The minimum absolute atomic E-state index is 0.0130. The average molecular weight is 460 g/mol. The molecular weight excluding hydrogens is 430 g/mol. The van der Waals surface area contributed by atoms with Crippen LogP contribution in [0.3, 0.4) is 0 Å². The van der Waals surface area contributed by atoms with E-state index in [1.54, 1.807) is 30.1 Å². The first-order valence-corrected chi connectivity index (χ1v) is 11.4. The van der Waals surface area contributed by atoms with Gasteiger partial charge in [-0.2, -0.15) is 0 Å². The molecule has 6 heteroatoms. The molecule has 0 aliphatic heterocycles. The van der Waals surface area contributed by atoms with Crippen LogP contribution in [0, 0.1) is 5.92 Å². The highest BCUT2D eigenvalue weighted by atomic mass is 16.6. The standard InChI is InChI=1S/C28H29NO5/c1-18(2)25(17-33-26-15-9-8-14-23(26)27(30)31)29(3)28(32)34-16-24-21-12-6-4-10-19(21)20-11-5-7-13-22(20)24/h4-15,18,24-25H,16-17H2,1-3H3,(H,30,31)/t25-/m1/s1. The maximum atomic E-state index is 13.0. The third-order valence-corrected chi connectivity index (χ3v) is 6.42. The predicted octanol–water partition coefficient (Wildman–Crippen LogP) is 5.67. The summed E-state index contributed by atoms with van der Waals surface area (Å²) in [7, 11) is 1.69. The smallest absolute Gasteiger partial charge is 0.409 e. The zero-order valence-electron chi connectivity index (χ0n) is 19.6. The Labute approximate surface area is 199 Å². The highest BCUT2D eigenvalue weighted by Gasteiger charge is 2.31. The number of benzene rings is 3. The van der Waals surface area contributed by atoms with Crippen LogP contribution in [0.4, 0.5) is 4.79 Å². The van der Waals surface area contributed by atoms with Crippen LogP contribution in [0.25, 0.3) is 11.1 Å². The summed E-state index contributed by atoms with van der Waals surface area (Å²) in [5, 5.41) is 9.39. The molecule has 0 aromatic heterocycles. The SMILES string of the molecule is CC(C)[C@@H](COc1ccccc1C(=O)O)N(C)C(=O)OCC1c2ccccc2-c2ccccc21. The molecule has 3 aromatic rings. The number of hydrogen-bond acceptors (Lipinski definition) is 4. The number of carbonyl (C=O) groups excluding carboxylic acids is 1. The molecule has 4 rings (SSSR count). The first-order valence-electron chi connectivity index (χ1n) is 11.4. The first kappa shape index (κ1) is 23.4. The number of rotatable bonds is 8. The summed E-state index contributed by atoms with van der Waals surface area (Å²) in [4.78, 5) is 26.0. The number of fused-ring (bicyclic) bond motifs is 3. The van der Waals surface area contributed by atoms with Crippen molar-refractivity contribution in [3.05, 3.63) is 89.5 Å². The molecule has 0 saturated carbocycles. The lowest BCUT2D eigenvalue weighted by Crippen LogP contribution is -2.44. The van der Waals surface area contributed by atoms with Crippen molar-refractivity contribution in [3.8, 4) is 16.9 Å². The minimum Gasteiger partial charge on any atom is -0.491 e. The van der Waals surface area contributed by atoms with Gasteiger partial charge < -0.3 is 19.5 Å². The normalized spacial score (nSPS) is 13.2. The number of nitrogens with zero attached hydrogens (tertiary/aromatic N) is 1. The second kappa shape index (κ2) is 10.00. The van der Waals surface area contributed by atoms with Crippen LogP contribution in [0.2, 0.25) is 0 Å². The van der Waals surface area contributed by atoms with E-state index in [4.69, 9.17) is 9.47 Å². The van der Waals surface area contributed by atoms with E-state index >= 15 is 0 Å². The van der Waals surface area contributed by atoms with Crippen LogP contribution < -0.4 is 4.74 Å². The van der Waals surface area contributed by atoms with Crippen molar-refractivity contribution >= 4 is 12.1 Å². The Kier molecular flexibility index (Phi) is 6.87. The zero-order chi connectivity index (χ0) is 24.2. The van der Waals surface area contributed by atoms with E-state index in [9.17, 15) is 14.7 Å². The number of ether oxygens (including phenoxy) is 2. The zero-order valence-corrected chi connectivity index (χ0v) is 19.6. The van der Waals surface area contributed by atoms with Gasteiger partial charge in [0.05, 0.1) is 6.04 Å². The lowest BCUT2D eigenvalue weighted by molar-refractivity contribution is 0.0654. The summed E-state index contributed by atoms with van der Waals surface area (Å²) >= 11 is 0. The summed E-state index contributed by atoms with van der Waals surface area (Å²) < 4.78 is 11.6. The van der Waals surface area contributed by atoms with Gasteiger partial charge in [0.25, 0.3) is 0 Å². The molecule has 0 spiro atoms. The number of hydrogen-bond donors (Lipinski definition) is 1. The Balaban J connectivity index is 1.44. The molecule has 3 aromatic carbocycles. The summed E-state index contributed by atoms with van der Waals surface area (Å²) in [6.45, 7) is 4.38. The molecule has 0 heterocycles. The predicted molar refractivity (Wildman–Crippen MR) is 130 cm³/mol. The fraction of sp³-hybridized carbons (Fsp3) is 0.286. The second-order valence-electron chi connectivity index (χ2n) is 8.84. The second-order valence-corrected chi connectivity index (χ2v) is 8.84. The Morgan fingerprint density at radius 3 is 2.06 bits per heavy atom. The van der Waals surface area contributed by atoms with Crippen molar-refractivity contribution in [1.29, 1.82) is 0 Å². The molecule has 0 radical (unpaired) electrons. The van der Waals surface area contributed by atoms with Gasteiger partial charge in [0, 0.05) is 13.0 Å². The van der Waals surface area contributed by atoms with Crippen LogP contribution in [0.5, 0.6) is 5.75 Å². The number of carboxylic acids is 1. The van der Waals surface area contributed by atoms with Gasteiger partial charge in [0.2, 0.25) is 0 Å². The summed E-state index contributed by atoms with van der Waals surface area (Å²) in [5.41, 5.74) is 4.77. The highest BCUT2D eigenvalue weighted by molar-refractivity contribution is 5.90. The maximum Gasteiger partial charge on any atom is 0.409 e. The summed E-state index contributed by atoms with van der Waals surface area (Å²) in [5.74, 6) is -0.716. The van der Waals surface area contributed by atoms with E-state index < -0.39 is 12.1 Å². The fourth-order valence-corrected chi connectivity index (χ4v) is 4.53. The number of para-hydroxylation sites is 1. The average Bonchev–Trinajstić information content (AvgIpc) is 3.16. The fourth-order valence-electron chi connectivity index (χ4n) is 4.53. The van der Waals surface area contributed by atoms with Gasteiger partial charge in [-0.15, -0.1) is 0 Å². The third-order valence-electron chi connectivity index (χ3n) is 6.42. The van der Waals surface area contributed by atoms with Crippen molar-refractivity contribution in [2.24, 2.45) is 5.92 Å². The number of amides is 1. The molecule has 0 fully saturated rings. The van der Waals surface area contributed by atoms with E-state index in [0.717, 1.165) is 11.1 Å². The van der Waals surface area contributed by atoms with E-state index in [1.165, 1.54) is 17.2 Å². The molecule has 1 atom stereocenters. The molecule has 1 amide bonds. The van der Waals surface area contributed by atoms with Crippen LogP contribution >= 0.6 is 0 Å². The topological polar surface area (TPSA) is 76.1 Å². The largest absolute Gasteiger partial charge is 0.491 e. The Morgan fingerprint density at radius 2 is 1.47 bits per heavy atom. The molecule has 6 nitrogen and oxygen atoms in total. The van der Waals surface area contributed by atoms with E-state index in [1.807, 2.05) is 38.1 Å². The molecule has 1 N–H and O–H groups in total. The van der Waals surface area contributed by atoms with E-state index in [2.05, 4.69) is 24.3 Å². The van der Waals surface area contributed by atoms with Gasteiger partial charge in [-0.1, -0.05) is 74.5 Å². The van der Waals surface area contributed by atoms with Crippen molar-refractivity contribution in [3.63, 3.8) is 0 Å². The lowest BCUT2D eigenvalue weighted by atomic mass is 9.98. The monoisotopic (exact) mass is 459 g/mol. The van der Waals surface area contributed by atoms with Crippen molar-refractivity contribution in [2.45, 2.75) is 25.8 Å². The van der Waals surface area contributed by atoms with Gasteiger partial charge in [-0.3, -0.25) is 0 Å². The first-order chi connectivity index (χ1) is 16.4. The van der Waals surface area contributed by atoms with Crippen molar-refractivity contribution in [2.75, 3.05) is 20.3 Å². The molecule has 1 aliphatic rings. The maximum absolute atomic E-state index is 13.0. The van der Waals surface area contributed by atoms with Crippen LogP contribution in [-0.4, -0.2) is 48.4 Å². The summed E-state index contributed by atoms with van der Waals surface area (Å²) in [6, 6.07) is 22.6. The number of carbonyl (C=O) groups is 2.